The molecule has 1 rings (SSSR count). The Morgan fingerprint density at radius 3 is 2.50 bits per heavy atom. The first kappa shape index (κ1) is 11.5. The van der Waals surface area contributed by atoms with Gasteiger partial charge in [0.15, 0.2) is 0 Å². The second kappa shape index (κ2) is 4.27. The van der Waals surface area contributed by atoms with E-state index < -0.39 is 15.8 Å². The highest BCUT2D eigenvalue weighted by atomic mass is 32.2. The molecule has 1 saturated heterocycles. The Kier molecular flexibility index (Phi) is 3.49. The van der Waals surface area contributed by atoms with E-state index in [1.54, 1.807) is 0 Å². The van der Waals surface area contributed by atoms with Gasteiger partial charge < -0.3 is 10.0 Å². The molecule has 0 bridgehead atoms. The van der Waals surface area contributed by atoms with Crippen molar-refractivity contribution in [3.05, 3.63) is 0 Å². The smallest absolute Gasteiger partial charge is 0.303 e. The molecule has 1 fully saturated rings. The summed E-state index contributed by atoms with van der Waals surface area (Å²) in [5, 5.41) is 8.48. The van der Waals surface area contributed by atoms with Crippen molar-refractivity contribution < 1.29 is 18.3 Å². The first-order chi connectivity index (χ1) is 6.37. The topological polar surface area (TPSA) is 74.7 Å². The van der Waals surface area contributed by atoms with Crippen molar-refractivity contribution >= 4 is 15.8 Å². The standard InChI is InChI=1S/C8H15NO4S/c1-14(12,13)3-2-9-5-7(6-9)4-8(10)11/h7H,2-6H2,1H3,(H,10,11). The molecule has 5 nitrogen and oxygen atoms in total. The fraction of sp³-hybridized carbons (Fsp3) is 0.875. The van der Waals surface area contributed by atoms with Crippen LogP contribution in [-0.2, 0) is 14.6 Å². The zero-order valence-corrected chi connectivity index (χ0v) is 8.96. The Balaban J connectivity index is 2.13. The fourth-order valence-electron chi connectivity index (χ4n) is 1.53. The summed E-state index contributed by atoms with van der Waals surface area (Å²) in [6.45, 7) is 1.94. The normalized spacial score (nSPS) is 19.2. The van der Waals surface area contributed by atoms with Crippen LogP contribution in [0.2, 0.25) is 0 Å². The lowest BCUT2D eigenvalue weighted by molar-refractivity contribution is -0.139. The molecular formula is C8H15NO4S. The third-order valence-electron chi connectivity index (χ3n) is 2.27. The lowest BCUT2D eigenvalue weighted by Crippen LogP contribution is -2.48. The van der Waals surface area contributed by atoms with Gasteiger partial charge in [0.25, 0.3) is 0 Å². The van der Waals surface area contributed by atoms with E-state index in [0.717, 1.165) is 0 Å². The van der Waals surface area contributed by atoms with Crippen LogP contribution in [0.5, 0.6) is 0 Å². The molecular weight excluding hydrogens is 206 g/mol. The van der Waals surface area contributed by atoms with Crippen molar-refractivity contribution in [2.75, 3.05) is 31.6 Å². The quantitative estimate of drug-likeness (QED) is 0.673. The summed E-state index contributed by atoms with van der Waals surface area (Å²) < 4.78 is 21.6. The van der Waals surface area contributed by atoms with Crippen LogP contribution in [0, 0.1) is 5.92 Å². The van der Waals surface area contributed by atoms with Gasteiger partial charge in [0.05, 0.1) is 12.2 Å². The number of likely N-dealkylation sites (tertiary alicyclic amines) is 1. The van der Waals surface area contributed by atoms with E-state index in [-0.39, 0.29) is 18.1 Å². The number of carboxylic acid groups (broad SMARTS) is 1. The molecule has 0 radical (unpaired) electrons. The minimum absolute atomic E-state index is 0.160. The minimum atomic E-state index is -2.89. The van der Waals surface area contributed by atoms with Crippen molar-refractivity contribution in [1.82, 2.24) is 4.90 Å². The molecule has 14 heavy (non-hydrogen) atoms. The van der Waals surface area contributed by atoms with Crippen LogP contribution in [0.3, 0.4) is 0 Å². The maximum Gasteiger partial charge on any atom is 0.303 e. The SMILES string of the molecule is CS(=O)(=O)CCN1CC(CC(=O)O)C1. The van der Waals surface area contributed by atoms with Gasteiger partial charge in [0.1, 0.15) is 9.84 Å². The number of nitrogens with zero attached hydrogens (tertiary/aromatic N) is 1. The second-order valence-electron chi connectivity index (χ2n) is 3.85. The number of hydrogen-bond donors (Lipinski definition) is 1. The van der Waals surface area contributed by atoms with E-state index in [0.29, 0.717) is 19.6 Å². The summed E-state index contributed by atoms with van der Waals surface area (Å²) in [4.78, 5) is 12.3. The third-order valence-corrected chi connectivity index (χ3v) is 3.20. The molecule has 0 aliphatic carbocycles. The molecule has 0 unspecified atom stereocenters. The Hall–Kier alpha value is -0.620. The van der Waals surface area contributed by atoms with Crippen molar-refractivity contribution in [2.45, 2.75) is 6.42 Å². The van der Waals surface area contributed by atoms with Gasteiger partial charge in [-0.05, 0) is 5.92 Å². The average molecular weight is 221 g/mol. The highest BCUT2D eigenvalue weighted by molar-refractivity contribution is 7.90. The molecule has 0 aromatic rings. The van der Waals surface area contributed by atoms with Crippen LogP contribution in [0.1, 0.15) is 6.42 Å². The highest BCUT2D eigenvalue weighted by Crippen LogP contribution is 2.18. The summed E-state index contributed by atoms with van der Waals surface area (Å²) >= 11 is 0. The van der Waals surface area contributed by atoms with Crippen LogP contribution in [0.4, 0.5) is 0 Å². The molecule has 0 amide bonds. The molecule has 0 spiro atoms. The van der Waals surface area contributed by atoms with E-state index in [2.05, 4.69) is 0 Å². The predicted octanol–water partition coefficient (Wildman–Crippen LogP) is -0.562. The summed E-state index contributed by atoms with van der Waals surface area (Å²) in [5.74, 6) is -0.419. The zero-order valence-electron chi connectivity index (χ0n) is 8.14. The van der Waals surface area contributed by atoms with Crippen LogP contribution >= 0.6 is 0 Å². The molecule has 0 aromatic carbocycles. The van der Waals surface area contributed by atoms with Crippen LogP contribution in [0.15, 0.2) is 0 Å². The molecule has 82 valence electrons. The van der Waals surface area contributed by atoms with E-state index in [4.69, 9.17) is 5.11 Å². The fourth-order valence-corrected chi connectivity index (χ4v) is 2.12. The Bertz CT molecular complexity index is 305. The van der Waals surface area contributed by atoms with Crippen LogP contribution in [-0.4, -0.2) is 56.0 Å². The first-order valence-corrected chi connectivity index (χ1v) is 6.55. The van der Waals surface area contributed by atoms with E-state index >= 15 is 0 Å². The van der Waals surface area contributed by atoms with Gasteiger partial charge in [0, 0.05) is 25.9 Å². The third kappa shape index (κ3) is 4.06. The first-order valence-electron chi connectivity index (χ1n) is 4.48. The summed E-state index contributed by atoms with van der Waals surface area (Å²) in [6.07, 6.45) is 1.40. The van der Waals surface area contributed by atoms with E-state index in [1.165, 1.54) is 6.26 Å². The largest absolute Gasteiger partial charge is 0.481 e. The molecule has 1 aliphatic rings. The highest BCUT2D eigenvalue weighted by Gasteiger charge is 2.28. The maximum atomic E-state index is 10.8. The molecule has 1 aliphatic heterocycles. The van der Waals surface area contributed by atoms with Gasteiger partial charge >= 0.3 is 5.97 Å². The molecule has 6 heteroatoms. The summed E-state index contributed by atoms with van der Waals surface area (Å²) in [6, 6.07) is 0. The molecule has 0 saturated carbocycles. The van der Waals surface area contributed by atoms with Gasteiger partial charge in [-0.1, -0.05) is 0 Å². The number of hydrogen-bond acceptors (Lipinski definition) is 4. The van der Waals surface area contributed by atoms with Crippen molar-refractivity contribution in [2.24, 2.45) is 5.92 Å². The second-order valence-corrected chi connectivity index (χ2v) is 6.11. The Morgan fingerprint density at radius 2 is 2.07 bits per heavy atom. The van der Waals surface area contributed by atoms with E-state index in [1.807, 2.05) is 4.90 Å². The number of rotatable bonds is 5. The average Bonchev–Trinajstić information content (AvgIpc) is 1.90. The summed E-state index contributed by atoms with van der Waals surface area (Å²) in [7, 11) is -2.89. The van der Waals surface area contributed by atoms with Gasteiger partial charge in [-0.3, -0.25) is 4.79 Å². The van der Waals surface area contributed by atoms with Crippen molar-refractivity contribution in [1.29, 1.82) is 0 Å². The lowest BCUT2D eigenvalue weighted by atomic mass is 9.97. The van der Waals surface area contributed by atoms with Gasteiger partial charge in [0.2, 0.25) is 0 Å². The van der Waals surface area contributed by atoms with Gasteiger partial charge in [-0.15, -0.1) is 0 Å². The molecule has 1 heterocycles. The molecule has 0 aromatic heterocycles. The van der Waals surface area contributed by atoms with Crippen molar-refractivity contribution in [3.63, 3.8) is 0 Å². The zero-order chi connectivity index (χ0) is 10.8. The Labute approximate surface area is 83.6 Å². The number of sulfone groups is 1. The van der Waals surface area contributed by atoms with Gasteiger partial charge in [-0.25, -0.2) is 8.42 Å². The van der Waals surface area contributed by atoms with Crippen LogP contribution in [0.25, 0.3) is 0 Å². The van der Waals surface area contributed by atoms with E-state index in [9.17, 15) is 13.2 Å². The molecule has 0 atom stereocenters. The maximum absolute atomic E-state index is 10.8. The summed E-state index contributed by atoms with van der Waals surface area (Å²) in [5.41, 5.74) is 0. The number of aliphatic carboxylic acids is 1. The Morgan fingerprint density at radius 1 is 1.50 bits per heavy atom. The number of carbonyl (C=O) groups is 1. The molecule has 1 N–H and O–H groups in total. The van der Waals surface area contributed by atoms with Gasteiger partial charge in [-0.2, -0.15) is 0 Å². The predicted molar refractivity (Wildman–Crippen MR) is 51.9 cm³/mol. The monoisotopic (exact) mass is 221 g/mol. The van der Waals surface area contributed by atoms with Crippen LogP contribution < -0.4 is 0 Å². The minimum Gasteiger partial charge on any atom is -0.481 e. The van der Waals surface area contributed by atoms with Crippen molar-refractivity contribution in [3.8, 4) is 0 Å². The number of carboxylic acids is 1. The lowest BCUT2D eigenvalue weighted by Gasteiger charge is -2.38.